The first-order valence-corrected chi connectivity index (χ1v) is 6.18. The van der Waals surface area contributed by atoms with Crippen molar-refractivity contribution in [1.82, 2.24) is 5.32 Å². The Kier molecular flexibility index (Phi) is 5.85. The zero-order valence-corrected chi connectivity index (χ0v) is 11.2. The number of aliphatic carboxylic acids is 1. The Labute approximate surface area is 112 Å². The van der Waals surface area contributed by atoms with Gasteiger partial charge in [-0.3, -0.25) is 9.59 Å². The Morgan fingerprint density at radius 1 is 1.26 bits per heavy atom. The molecule has 0 fully saturated rings. The summed E-state index contributed by atoms with van der Waals surface area (Å²) in [5, 5.41) is 11.0. The average molecular weight is 265 g/mol. The number of carbonyl (C=O) groups excluding carboxylic acids is 1. The molecule has 2 N–H and O–H groups in total. The Morgan fingerprint density at radius 3 is 2.68 bits per heavy atom. The molecular formula is C14H19NO4. The number of benzene rings is 1. The molecule has 0 aliphatic rings. The second kappa shape index (κ2) is 7.41. The normalized spacial score (nSPS) is 10.0. The average Bonchev–Trinajstić information content (AvgIpc) is 2.37. The Hall–Kier alpha value is -2.04. The number of hydrogen-bond donors (Lipinski definition) is 2. The molecule has 104 valence electrons. The molecular weight excluding hydrogens is 246 g/mol. The first-order valence-electron chi connectivity index (χ1n) is 6.18. The second-order valence-corrected chi connectivity index (χ2v) is 4.29. The van der Waals surface area contributed by atoms with Gasteiger partial charge in [0, 0.05) is 6.42 Å². The van der Waals surface area contributed by atoms with E-state index in [0.29, 0.717) is 13.2 Å². The van der Waals surface area contributed by atoms with Crippen LogP contribution in [0.2, 0.25) is 0 Å². The first-order chi connectivity index (χ1) is 9.00. The van der Waals surface area contributed by atoms with Crippen LogP contribution in [0.25, 0.3) is 0 Å². The molecule has 0 atom stereocenters. The van der Waals surface area contributed by atoms with E-state index in [1.165, 1.54) is 0 Å². The predicted octanol–water partition coefficient (Wildman–Crippen LogP) is 1.66. The quantitative estimate of drug-likeness (QED) is 0.735. The number of rotatable bonds is 7. The molecule has 0 saturated carbocycles. The molecule has 0 aliphatic heterocycles. The van der Waals surface area contributed by atoms with Crippen LogP contribution in [0.3, 0.4) is 0 Å². The van der Waals surface area contributed by atoms with Crippen molar-refractivity contribution in [3.05, 3.63) is 29.3 Å². The van der Waals surface area contributed by atoms with Gasteiger partial charge in [0.2, 0.25) is 5.91 Å². The SMILES string of the molecule is Cc1cccc(OCCNC(=O)CCC(=O)O)c1C. The maximum absolute atomic E-state index is 11.2. The molecule has 0 heterocycles. The lowest BCUT2D eigenvalue weighted by Crippen LogP contribution is -2.28. The zero-order valence-electron chi connectivity index (χ0n) is 11.2. The van der Waals surface area contributed by atoms with Gasteiger partial charge in [-0.05, 0) is 31.0 Å². The highest BCUT2D eigenvalue weighted by molar-refractivity contribution is 5.80. The highest BCUT2D eigenvalue weighted by Gasteiger charge is 2.05. The van der Waals surface area contributed by atoms with E-state index in [2.05, 4.69) is 5.32 Å². The third-order valence-corrected chi connectivity index (χ3v) is 2.80. The number of carboxylic acid groups (broad SMARTS) is 1. The topological polar surface area (TPSA) is 75.6 Å². The van der Waals surface area contributed by atoms with Crippen LogP contribution in [0.4, 0.5) is 0 Å². The van der Waals surface area contributed by atoms with E-state index in [4.69, 9.17) is 9.84 Å². The number of aryl methyl sites for hydroxylation is 1. The van der Waals surface area contributed by atoms with E-state index in [-0.39, 0.29) is 18.7 Å². The molecule has 1 amide bonds. The Morgan fingerprint density at radius 2 is 2.00 bits per heavy atom. The third kappa shape index (κ3) is 5.42. The lowest BCUT2D eigenvalue weighted by atomic mass is 10.1. The number of ether oxygens (including phenoxy) is 1. The molecule has 0 aromatic heterocycles. The second-order valence-electron chi connectivity index (χ2n) is 4.29. The lowest BCUT2D eigenvalue weighted by molar-refractivity contribution is -0.138. The summed E-state index contributed by atoms with van der Waals surface area (Å²) in [4.78, 5) is 21.5. The summed E-state index contributed by atoms with van der Waals surface area (Å²) in [7, 11) is 0. The van der Waals surface area contributed by atoms with Crippen LogP contribution in [0, 0.1) is 13.8 Å². The molecule has 0 bridgehead atoms. The summed E-state index contributed by atoms with van der Waals surface area (Å²) < 4.78 is 5.56. The number of amides is 1. The van der Waals surface area contributed by atoms with Gasteiger partial charge in [-0.2, -0.15) is 0 Å². The van der Waals surface area contributed by atoms with Crippen LogP contribution in [0.1, 0.15) is 24.0 Å². The van der Waals surface area contributed by atoms with Gasteiger partial charge in [0.05, 0.1) is 13.0 Å². The van der Waals surface area contributed by atoms with Crippen molar-refractivity contribution >= 4 is 11.9 Å². The molecule has 1 rings (SSSR count). The fourth-order valence-corrected chi connectivity index (χ4v) is 1.54. The van der Waals surface area contributed by atoms with Crippen molar-refractivity contribution in [2.24, 2.45) is 0 Å². The zero-order chi connectivity index (χ0) is 14.3. The maximum Gasteiger partial charge on any atom is 0.303 e. The summed E-state index contributed by atoms with van der Waals surface area (Å²) >= 11 is 0. The minimum atomic E-state index is -0.971. The van der Waals surface area contributed by atoms with Gasteiger partial charge in [0.15, 0.2) is 0 Å². The van der Waals surface area contributed by atoms with Gasteiger partial charge in [-0.1, -0.05) is 12.1 Å². The predicted molar refractivity (Wildman–Crippen MR) is 71.3 cm³/mol. The van der Waals surface area contributed by atoms with E-state index in [1.54, 1.807) is 0 Å². The van der Waals surface area contributed by atoms with Crippen molar-refractivity contribution in [2.75, 3.05) is 13.2 Å². The summed E-state index contributed by atoms with van der Waals surface area (Å²) in [5.41, 5.74) is 2.24. The number of carbonyl (C=O) groups is 2. The molecule has 5 nitrogen and oxygen atoms in total. The van der Waals surface area contributed by atoms with E-state index in [0.717, 1.165) is 16.9 Å². The van der Waals surface area contributed by atoms with Crippen molar-refractivity contribution in [2.45, 2.75) is 26.7 Å². The van der Waals surface area contributed by atoms with Crippen molar-refractivity contribution in [3.8, 4) is 5.75 Å². The minimum Gasteiger partial charge on any atom is -0.491 e. The van der Waals surface area contributed by atoms with Crippen molar-refractivity contribution < 1.29 is 19.4 Å². The van der Waals surface area contributed by atoms with E-state index in [9.17, 15) is 9.59 Å². The van der Waals surface area contributed by atoms with E-state index >= 15 is 0 Å². The fraction of sp³-hybridized carbons (Fsp3) is 0.429. The monoisotopic (exact) mass is 265 g/mol. The molecule has 0 spiro atoms. The highest BCUT2D eigenvalue weighted by Crippen LogP contribution is 2.20. The van der Waals surface area contributed by atoms with E-state index in [1.807, 2.05) is 32.0 Å². The van der Waals surface area contributed by atoms with Gasteiger partial charge in [-0.25, -0.2) is 0 Å². The van der Waals surface area contributed by atoms with Crippen LogP contribution in [-0.2, 0) is 9.59 Å². The lowest BCUT2D eigenvalue weighted by Gasteiger charge is -2.11. The summed E-state index contributed by atoms with van der Waals surface area (Å²) in [5.74, 6) is -0.437. The highest BCUT2D eigenvalue weighted by atomic mass is 16.5. The van der Waals surface area contributed by atoms with Crippen LogP contribution in [0.15, 0.2) is 18.2 Å². The Balaban J connectivity index is 2.25. The summed E-state index contributed by atoms with van der Waals surface area (Å²) in [6.45, 7) is 4.72. The van der Waals surface area contributed by atoms with Gasteiger partial charge in [-0.15, -0.1) is 0 Å². The number of carboxylic acids is 1. The molecule has 5 heteroatoms. The van der Waals surface area contributed by atoms with Crippen LogP contribution >= 0.6 is 0 Å². The molecule has 0 aliphatic carbocycles. The largest absolute Gasteiger partial charge is 0.491 e. The maximum atomic E-state index is 11.2. The fourth-order valence-electron chi connectivity index (χ4n) is 1.54. The smallest absolute Gasteiger partial charge is 0.303 e. The van der Waals surface area contributed by atoms with Crippen LogP contribution in [-0.4, -0.2) is 30.1 Å². The number of hydrogen-bond acceptors (Lipinski definition) is 3. The summed E-state index contributed by atoms with van der Waals surface area (Å²) in [6.07, 6.45) is -0.150. The number of nitrogens with one attached hydrogen (secondary N) is 1. The molecule has 1 aromatic rings. The van der Waals surface area contributed by atoms with E-state index < -0.39 is 5.97 Å². The minimum absolute atomic E-state index is 0.00118. The van der Waals surface area contributed by atoms with Crippen molar-refractivity contribution in [3.63, 3.8) is 0 Å². The first kappa shape index (κ1) is 15.0. The molecule has 19 heavy (non-hydrogen) atoms. The molecule has 0 radical (unpaired) electrons. The molecule has 0 unspecified atom stereocenters. The summed E-state index contributed by atoms with van der Waals surface area (Å²) in [6, 6.07) is 5.81. The van der Waals surface area contributed by atoms with Gasteiger partial charge >= 0.3 is 5.97 Å². The van der Waals surface area contributed by atoms with Crippen molar-refractivity contribution in [1.29, 1.82) is 0 Å². The molecule has 0 saturated heterocycles. The van der Waals surface area contributed by atoms with Gasteiger partial charge in [0.1, 0.15) is 12.4 Å². The standard InChI is InChI=1S/C14H19NO4/c1-10-4-3-5-12(11(10)2)19-9-8-15-13(16)6-7-14(17)18/h3-5H,6-9H2,1-2H3,(H,15,16)(H,17,18). The third-order valence-electron chi connectivity index (χ3n) is 2.80. The van der Waals surface area contributed by atoms with Gasteiger partial charge < -0.3 is 15.2 Å². The Bertz CT molecular complexity index is 457. The van der Waals surface area contributed by atoms with Gasteiger partial charge in [0.25, 0.3) is 0 Å². The van der Waals surface area contributed by atoms with Crippen LogP contribution in [0.5, 0.6) is 5.75 Å². The molecule has 1 aromatic carbocycles. The van der Waals surface area contributed by atoms with Crippen LogP contribution < -0.4 is 10.1 Å².